The molecule has 0 spiro atoms. The Balaban J connectivity index is 2.00. The Labute approximate surface area is 171 Å². The number of rotatable bonds is 8. The summed E-state index contributed by atoms with van der Waals surface area (Å²) in [6, 6.07) is 1.99. The molecule has 154 valence electrons. The van der Waals surface area contributed by atoms with Gasteiger partial charge in [-0.2, -0.15) is 5.10 Å². The van der Waals surface area contributed by atoms with E-state index in [-0.39, 0.29) is 0 Å². The number of hydrogen-bond acceptors (Lipinski definition) is 4. The summed E-state index contributed by atoms with van der Waals surface area (Å²) in [6.45, 7) is 12.2. The van der Waals surface area contributed by atoms with E-state index in [2.05, 4.69) is 40.8 Å². The number of anilines is 1. The molecule has 1 N–H and O–H groups in total. The first-order chi connectivity index (χ1) is 13.9. The second kappa shape index (κ2) is 8.59. The first kappa shape index (κ1) is 20.8. The Hall–Kier alpha value is -2.96. The predicted octanol–water partition coefficient (Wildman–Crippen LogP) is 4.79. The third kappa shape index (κ3) is 3.95. The van der Waals surface area contributed by atoms with Crippen LogP contribution in [0.15, 0.2) is 24.9 Å². The van der Waals surface area contributed by atoms with Gasteiger partial charge >= 0.3 is 0 Å². The van der Waals surface area contributed by atoms with Crippen LogP contribution in [-0.4, -0.2) is 37.9 Å². The molecule has 7 heteroatoms. The number of aryl methyl sites for hydroxylation is 2. The molecule has 0 saturated carbocycles. The van der Waals surface area contributed by atoms with Crippen LogP contribution in [0.3, 0.4) is 0 Å². The van der Waals surface area contributed by atoms with Crippen molar-refractivity contribution in [3.8, 4) is 0 Å². The number of fused-ring (bicyclic) bond motifs is 1. The molecular weight excluding hydrogens is 367 g/mol. The van der Waals surface area contributed by atoms with Crippen molar-refractivity contribution < 1.29 is 4.39 Å². The number of imidazole rings is 1. The molecule has 0 bridgehead atoms. The number of nitrogens with zero attached hydrogens (tertiary/aromatic N) is 5. The van der Waals surface area contributed by atoms with Crippen LogP contribution < -0.4 is 5.32 Å². The lowest BCUT2D eigenvalue weighted by Gasteiger charge is -2.14. The highest BCUT2D eigenvalue weighted by Crippen LogP contribution is 2.29. The van der Waals surface area contributed by atoms with Crippen molar-refractivity contribution in [3.05, 3.63) is 53.5 Å². The van der Waals surface area contributed by atoms with Crippen molar-refractivity contribution in [2.45, 2.75) is 46.6 Å². The molecular formula is C22H29FN6. The average molecular weight is 397 g/mol. The summed E-state index contributed by atoms with van der Waals surface area (Å²) in [5.41, 5.74) is 4.62. The summed E-state index contributed by atoms with van der Waals surface area (Å²) in [5, 5.41) is 7.57. The second-order valence-corrected chi connectivity index (χ2v) is 7.22. The molecule has 29 heavy (non-hydrogen) atoms. The predicted molar refractivity (Wildman–Crippen MR) is 117 cm³/mol. The normalized spacial score (nSPS) is 12.8. The van der Waals surface area contributed by atoms with Gasteiger partial charge in [0.05, 0.1) is 12.2 Å². The number of halogens is 1. The van der Waals surface area contributed by atoms with Crippen LogP contribution in [0.2, 0.25) is 0 Å². The molecule has 0 aliphatic carbocycles. The fourth-order valence-electron chi connectivity index (χ4n) is 3.64. The number of aromatic nitrogens is 5. The molecule has 0 aliphatic rings. The highest BCUT2D eigenvalue weighted by molar-refractivity contribution is 5.90. The monoisotopic (exact) mass is 396 g/mol. The SMILES string of the molecule is C=C(/C=C\c1nc(C)n(CCF)c1C(C)CC)c1ccn2nc(C)nc(NC)c12. The van der Waals surface area contributed by atoms with E-state index in [0.29, 0.717) is 18.3 Å². The van der Waals surface area contributed by atoms with E-state index < -0.39 is 6.67 Å². The molecule has 1 atom stereocenters. The van der Waals surface area contributed by atoms with Crippen molar-refractivity contribution in [2.24, 2.45) is 0 Å². The lowest BCUT2D eigenvalue weighted by Crippen LogP contribution is -2.09. The van der Waals surface area contributed by atoms with Gasteiger partial charge in [-0.1, -0.05) is 26.5 Å². The van der Waals surface area contributed by atoms with Gasteiger partial charge in [-0.25, -0.2) is 18.9 Å². The standard InChI is InChI=1S/C22H29FN6/c1-7-14(2)20-19(26-17(5)28(20)13-11-23)9-8-15(3)18-10-12-29-21(18)22(24-6)25-16(4)27-29/h8-10,12,14H,3,7,11,13H2,1-2,4-6H3,(H,24,25,27)/b9-8-. The van der Waals surface area contributed by atoms with E-state index in [0.717, 1.165) is 46.1 Å². The Morgan fingerprint density at radius 3 is 2.76 bits per heavy atom. The van der Waals surface area contributed by atoms with E-state index >= 15 is 0 Å². The van der Waals surface area contributed by atoms with Gasteiger partial charge in [0.25, 0.3) is 0 Å². The zero-order valence-electron chi connectivity index (χ0n) is 17.8. The summed E-state index contributed by atoms with van der Waals surface area (Å²) in [7, 11) is 1.84. The van der Waals surface area contributed by atoms with Crippen LogP contribution in [0.5, 0.6) is 0 Å². The van der Waals surface area contributed by atoms with E-state index in [4.69, 9.17) is 0 Å². The topological polar surface area (TPSA) is 60.0 Å². The molecule has 3 heterocycles. The molecule has 0 amide bonds. The molecule has 0 saturated heterocycles. The van der Waals surface area contributed by atoms with Crippen molar-refractivity contribution >= 4 is 23.0 Å². The molecule has 0 fully saturated rings. The Morgan fingerprint density at radius 1 is 1.34 bits per heavy atom. The summed E-state index contributed by atoms with van der Waals surface area (Å²) in [4.78, 5) is 9.16. The molecule has 3 rings (SSSR count). The van der Waals surface area contributed by atoms with Crippen molar-refractivity contribution in [1.29, 1.82) is 0 Å². The third-order valence-corrected chi connectivity index (χ3v) is 5.26. The first-order valence-electron chi connectivity index (χ1n) is 9.95. The van der Waals surface area contributed by atoms with Crippen LogP contribution >= 0.6 is 0 Å². The van der Waals surface area contributed by atoms with Gasteiger partial charge in [0.15, 0.2) is 5.82 Å². The fourth-order valence-corrected chi connectivity index (χ4v) is 3.64. The number of nitrogens with one attached hydrogen (secondary N) is 1. The minimum Gasteiger partial charge on any atom is -0.371 e. The van der Waals surface area contributed by atoms with Gasteiger partial charge in [-0.05, 0) is 43.9 Å². The van der Waals surface area contributed by atoms with Gasteiger partial charge in [-0.3, -0.25) is 0 Å². The van der Waals surface area contributed by atoms with Crippen LogP contribution in [0.25, 0.3) is 17.2 Å². The van der Waals surface area contributed by atoms with Crippen molar-refractivity contribution in [1.82, 2.24) is 24.1 Å². The Morgan fingerprint density at radius 2 is 2.10 bits per heavy atom. The minimum atomic E-state index is -0.403. The smallest absolute Gasteiger partial charge is 0.154 e. The molecule has 3 aromatic rings. The highest BCUT2D eigenvalue weighted by atomic mass is 19.1. The van der Waals surface area contributed by atoms with Crippen LogP contribution in [0.1, 0.15) is 54.8 Å². The van der Waals surface area contributed by atoms with Crippen LogP contribution in [-0.2, 0) is 6.54 Å². The van der Waals surface area contributed by atoms with Crippen LogP contribution in [0.4, 0.5) is 10.2 Å². The minimum absolute atomic E-state index is 0.290. The van der Waals surface area contributed by atoms with E-state index in [1.807, 2.05) is 54.4 Å². The van der Waals surface area contributed by atoms with E-state index in [1.165, 1.54) is 0 Å². The lowest BCUT2D eigenvalue weighted by molar-refractivity contribution is 0.431. The second-order valence-electron chi connectivity index (χ2n) is 7.22. The number of alkyl halides is 1. The maximum Gasteiger partial charge on any atom is 0.154 e. The van der Waals surface area contributed by atoms with Crippen molar-refractivity contribution in [2.75, 3.05) is 19.0 Å². The number of allylic oxidation sites excluding steroid dienone is 2. The van der Waals surface area contributed by atoms with Gasteiger partial charge in [0.2, 0.25) is 0 Å². The highest BCUT2D eigenvalue weighted by Gasteiger charge is 2.18. The summed E-state index contributed by atoms with van der Waals surface area (Å²) < 4.78 is 16.9. The largest absolute Gasteiger partial charge is 0.371 e. The zero-order valence-corrected chi connectivity index (χ0v) is 17.8. The van der Waals surface area contributed by atoms with Gasteiger partial charge in [0, 0.05) is 24.5 Å². The molecule has 0 aromatic carbocycles. The molecule has 0 radical (unpaired) electrons. The van der Waals surface area contributed by atoms with Gasteiger partial charge in [0.1, 0.15) is 23.8 Å². The maximum absolute atomic E-state index is 13.1. The quantitative estimate of drug-likeness (QED) is 0.556. The van der Waals surface area contributed by atoms with Crippen LogP contribution in [0, 0.1) is 13.8 Å². The molecule has 1 unspecified atom stereocenters. The lowest BCUT2D eigenvalue weighted by atomic mass is 10.0. The third-order valence-electron chi connectivity index (χ3n) is 5.26. The molecule has 6 nitrogen and oxygen atoms in total. The fraction of sp³-hybridized carbons (Fsp3) is 0.409. The van der Waals surface area contributed by atoms with Gasteiger partial charge < -0.3 is 9.88 Å². The Kier molecular flexibility index (Phi) is 6.15. The maximum atomic E-state index is 13.1. The summed E-state index contributed by atoms with van der Waals surface area (Å²) >= 11 is 0. The van der Waals surface area contributed by atoms with Crippen molar-refractivity contribution in [3.63, 3.8) is 0 Å². The van der Waals surface area contributed by atoms with E-state index in [9.17, 15) is 4.39 Å². The average Bonchev–Trinajstić information content (AvgIpc) is 3.26. The molecule has 3 aromatic heterocycles. The summed E-state index contributed by atoms with van der Waals surface area (Å²) in [5.74, 6) is 2.57. The Bertz CT molecular complexity index is 1060. The van der Waals surface area contributed by atoms with Gasteiger partial charge in [-0.15, -0.1) is 0 Å². The van der Waals surface area contributed by atoms with E-state index in [1.54, 1.807) is 0 Å². The molecule has 0 aliphatic heterocycles. The zero-order chi connectivity index (χ0) is 21.1. The summed E-state index contributed by atoms with van der Waals surface area (Å²) in [6.07, 6.45) is 6.81. The first-order valence-corrected chi connectivity index (χ1v) is 9.95. The number of hydrogen-bond donors (Lipinski definition) is 1.